The highest BCUT2D eigenvalue weighted by atomic mass is 16.6. The second-order valence-corrected chi connectivity index (χ2v) is 5.43. The van der Waals surface area contributed by atoms with Gasteiger partial charge in [-0.2, -0.15) is 5.26 Å². The fourth-order valence-corrected chi connectivity index (χ4v) is 2.52. The molecule has 24 heavy (non-hydrogen) atoms. The smallest absolute Gasteiger partial charge is 0.289 e. The summed E-state index contributed by atoms with van der Waals surface area (Å²) in [6.45, 7) is 1.95. The lowest BCUT2D eigenvalue weighted by Crippen LogP contribution is -2.09. The number of nitriles is 1. The average Bonchev–Trinajstić information content (AvgIpc) is 2.61. The standard InChI is InChI=1S/C18H14N4O2/c1-12(14-7-6-13-4-2-3-5-15(13)8-14)21-18-16(10-19)9-17(11-20-18)22(23)24/h2-9,11-12H,1H3,(H,20,21). The maximum absolute atomic E-state index is 10.8. The Labute approximate surface area is 138 Å². The number of pyridine rings is 1. The third-order valence-corrected chi connectivity index (χ3v) is 3.83. The lowest BCUT2D eigenvalue weighted by molar-refractivity contribution is -0.385. The Bertz CT molecular complexity index is 963. The third-order valence-electron chi connectivity index (χ3n) is 3.83. The summed E-state index contributed by atoms with van der Waals surface area (Å²) in [7, 11) is 0. The number of hydrogen-bond acceptors (Lipinski definition) is 5. The minimum absolute atomic E-state index is 0.101. The van der Waals surface area contributed by atoms with Gasteiger partial charge in [0, 0.05) is 6.07 Å². The van der Waals surface area contributed by atoms with Crippen molar-refractivity contribution in [1.29, 1.82) is 5.26 Å². The second kappa shape index (κ2) is 6.34. The first-order chi connectivity index (χ1) is 11.6. The Morgan fingerprint density at radius 3 is 2.67 bits per heavy atom. The van der Waals surface area contributed by atoms with Gasteiger partial charge in [-0.1, -0.05) is 36.4 Å². The van der Waals surface area contributed by atoms with Crippen molar-refractivity contribution in [2.45, 2.75) is 13.0 Å². The zero-order chi connectivity index (χ0) is 17.1. The highest BCUT2D eigenvalue weighted by Gasteiger charge is 2.14. The monoisotopic (exact) mass is 318 g/mol. The number of nitro groups is 1. The Morgan fingerprint density at radius 2 is 1.96 bits per heavy atom. The molecule has 6 heteroatoms. The Hall–Kier alpha value is -3.46. The lowest BCUT2D eigenvalue weighted by Gasteiger charge is -2.16. The summed E-state index contributed by atoms with van der Waals surface area (Å²) in [5.74, 6) is 0.337. The number of aromatic nitrogens is 1. The minimum Gasteiger partial charge on any atom is -0.362 e. The summed E-state index contributed by atoms with van der Waals surface area (Å²) in [6.07, 6.45) is 1.15. The number of nitrogens with zero attached hydrogens (tertiary/aromatic N) is 3. The molecule has 1 heterocycles. The first-order valence-corrected chi connectivity index (χ1v) is 7.38. The quantitative estimate of drug-likeness (QED) is 0.575. The molecule has 0 aliphatic carbocycles. The zero-order valence-electron chi connectivity index (χ0n) is 12.9. The van der Waals surface area contributed by atoms with Crippen molar-refractivity contribution in [1.82, 2.24) is 4.98 Å². The number of benzene rings is 2. The first kappa shape index (κ1) is 15.4. The fourth-order valence-electron chi connectivity index (χ4n) is 2.52. The van der Waals surface area contributed by atoms with Crippen LogP contribution in [0.5, 0.6) is 0 Å². The van der Waals surface area contributed by atoms with Crippen molar-refractivity contribution in [3.05, 3.63) is 76.0 Å². The van der Waals surface area contributed by atoms with Gasteiger partial charge in [0.2, 0.25) is 0 Å². The number of rotatable bonds is 4. The topological polar surface area (TPSA) is 91.8 Å². The molecule has 0 aliphatic rings. The molecule has 0 saturated carbocycles. The van der Waals surface area contributed by atoms with E-state index in [9.17, 15) is 15.4 Å². The molecule has 3 aromatic rings. The Balaban J connectivity index is 1.89. The summed E-state index contributed by atoms with van der Waals surface area (Å²) in [5.41, 5.74) is 0.991. The maximum Gasteiger partial charge on any atom is 0.289 e. The molecule has 3 rings (SSSR count). The van der Waals surface area contributed by atoms with E-state index in [-0.39, 0.29) is 17.3 Å². The normalized spacial score (nSPS) is 11.7. The van der Waals surface area contributed by atoms with Gasteiger partial charge in [0.1, 0.15) is 23.6 Å². The van der Waals surface area contributed by atoms with Crippen molar-refractivity contribution in [3.8, 4) is 6.07 Å². The van der Waals surface area contributed by atoms with E-state index in [2.05, 4.69) is 16.4 Å². The molecule has 1 atom stereocenters. The Kier molecular flexibility index (Phi) is 4.08. The molecule has 0 saturated heterocycles. The summed E-state index contributed by atoms with van der Waals surface area (Å²) in [5, 5.41) is 25.4. The van der Waals surface area contributed by atoms with E-state index in [0.29, 0.717) is 5.82 Å². The van der Waals surface area contributed by atoms with Crippen LogP contribution in [0.3, 0.4) is 0 Å². The number of hydrogen-bond donors (Lipinski definition) is 1. The largest absolute Gasteiger partial charge is 0.362 e. The van der Waals surface area contributed by atoms with Gasteiger partial charge in [0.15, 0.2) is 0 Å². The van der Waals surface area contributed by atoms with Gasteiger partial charge in [-0.3, -0.25) is 10.1 Å². The summed E-state index contributed by atoms with van der Waals surface area (Å²) < 4.78 is 0. The molecule has 0 fully saturated rings. The van der Waals surface area contributed by atoms with E-state index in [1.54, 1.807) is 0 Å². The van der Waals surface area contributed by atoms with E-state index >= 15 is 0 Å². The second-order valence-electron chi connectivity index (χ2n) is 5.43. The number of fused-ring (bicyclic) bond motifs is 1. The van der Waals surface area contributed by atoms with Crippen LogP contribution < -0.4 is 5.32 Å². The third kappa shape index (κ3) is 3.01. The van der Waals surface area contributed by atoms with Crippen LogP contribution >= 0.6 is 0 Å². The predicted octanol–water partition coefficient (Wildman–Crippen LogP) is 4.19. The van der Waals surface area contributed by atoms with Gasteiger partial charge in [-0.05, 0) is 29.3 Å². The molecule has 6 nitrogen and oxygen atoms in total. The molecule has 0 bridgehead atoms. The van der Waals surface area contributed by atoms with E-state index in [1.807, 2.05) is 49.4 Å². The molecule has 0 aliphatic heterocycles. The molecule has 1 N–H and O–H groups in total. The first-order valence-electron chi connectivity index (χ1n) is 7.38. The van der Waals surface area contributed by atoms with Gasteiger partial charge >= 0.3 is 0 Å². The van der Waals surface area contributed by atoms with E-state index in [4.69, 9.17) is 0 Å². The molecule has 1 unspecified atom stereocenters. The molecular formula is C18H14N4O2. The van der Waals surface area contributed by atoms with Crippen LogP contribution in [-0.2, 0) is 0 Å². The number of anilines is 1. The van der Waals surface area contributed by atoms with E-state index < -0.39 is 4.92 Å². The van der Waals surface area contributed by atoms with Crippen LogP contribution in [0, 0.1) is 21.4 Å². The van der Waals surface area contributed by atoms with Crippen molar-refractivity contribution < 1.29 is 4.92 Å². The number of nitrogens with one attached hydrogen (secondary N) is 1. The molecule has 118 valence electrons. The molecule has 1 aromatic heterocycles. The van der Waals surface area contributed by atoms with Crippen molar-refractivity contribution >= 4 is 22.3 Å². The van der Waals surface area contributed by atoms with Crippen molar-refractivity contribution in [2.24, 2.45) is 0 Å². The minimum atomic E-state index is -0.565. The van der Waals surface area contributed by atoms with Crippen LogP contribution in [0.15, 0.2) is 54.7 Å². The Morgan fingerprint density at radius 1 is 1.21 bits per heavy atom. The molecule has 0 spiro atoms. The predicted molar refractivity (Wildman–Crippen MR) is 91.6 cm³/mol. The van der Waals surface area contributed by atoms with Crippen LogP contribution in [-0.4, -0.2) is 9.91 Å². The van der Waals surface area contributed by atoms with Gasteiger partial charge in [-0.15, -0.1) is 0 Å². The summed E-state index contributed by atoms with van der Waals surface area (Å²) in [6, 6.07) is 17.2. The molecule has 0 amide bonds. The van der Waals surface area contributed by atoms with Gasteiger partial charge in [0.25, 0.3) is 5.69 Å². The van der Waals surface area contributed by atoms with Crippen LogP contribution in [0.1, 0.15) is 24.1 Å². The average molecular weight is 318 g/mol. The maximum atomic E-state index is 10.8. The van der Waals surface area contributed by atoms with Gasteiger partial charge in [-0.25, -0.2) is 4.98 Å². The van der Waals surface area contributed by atoms with Crippen LogP contribution in [0.4, 0.5) is 11.5 Å². The van der Waals surface area contributed by atoms with Crippen LogP contribution in [0.25, 0.3) is 10.8 Å². The molecule has 0 radical (unpaired) electrons. The van der Waals surface area contributed by atoms with Crippen LogP contribution in [0.2, 0.25) is 0 Å². The fraction of sp³-hybridized carbons (Fsp3) is 0.111. The van der Waals surface area contributed by atoms with E-state index in [1.165, 1.54) is 6.07 Å². The summed E-state index contributed by atoms with van der Waals surface area (Å²) >= 11 is 0. The van der Waals surface area contributed by atoms with Crippen molar-refractivity contribution in [2.75, 3.05) is 5.32 Å². The van der Waals surface area contributed by atoms with Gasteiger partial charge in [0.05, 0.1) is 11.0 Å². The van der Waals surface area contributed by atoms with Crippen molar-refractivity contribution in [3.63, 3.8) is 0 Å². The van der Waals surface area contributed by atoms with Gasteiger partial charge < -0.3 is 5.32 Å². The SMILES string of the molecule is CC(Nc1ncc([N+](=O)[O-])cc1C#N)c1ccc2ccccc2c1. The van der Waals surface area contributed by atoms with E-state index in [0.717, 1.165) is 22.5 Å². The molecular weight excluding hydrogens is 304 g/mol. The summed E-state index contributed by atoms with van der Waals surface area (Å²) in [4.78, 5) is 14.2. The molecule has 2 aromatic carbocycles. The highest BCUT2D eigenvalue weighted by Crippen LogP contribution is 2.25. The lowest BCUT2D eigenvalue weighted by atomic mass is 10.0. The highest BCUT2D eigenvalue weighted by molar-refractivity contribution is 5.83. The zero-order valence-corrected chi connectivity index (χ0v) is 12.9.